The number of carboxylic acid groups (broad SMARTS) is 1. The van der Waals surface area contributed by atoms with Crippen molar-refractivity contribution in [2.45, 2.75) is 0 Å². The summed E-state index contributed by atoms with van der Waals surface area (Å²) in [5.41, 5.74) is 0. The molecule has 2 N–H and O–H groups in total. The number of anilines is 1. The summed E-state index contributed by atoms with van der Waals surface area (Å²) in [7, 11) is 1.70. The Bertz CT molecular complexity index is 343. The Labute approximate surface area is 85.7 Å². The molecule has 0 aromatic carbocycles. The van der Waals surface area contributed by atoms with Crippen molar-refractivity contribution in [1.29, 1.82) is 0 Å². The molecule has 0 amide bonds. The Morgan fingerprint density at radius 2 is 2.43 bits per heavy atom. The number of carboxylic acids is 1. The molecule has 1 heterocycles. The number of nitrogens with one attached hydrogen (secondary N) is 1. The molecular weight excluding hydrogens is 208 g/mol. The van der Waals surface area contributed by atoms with Gasteiger partial charge >= 0.3 is 5.97 Å². The lowest BCUT2D eigenvalue weighted by atomic mass is 10.4. The fourth-order valence-corrected chi connectivity index (χ4v) is 1.02. The van der Waals surface area contributed by atoms with E-state index in [0.29, 0.717) is 5.82 Å². The molecule has 0 saturated heterocycles. The summed E-state index contributed by atoms with van der Waals surface area (Å²) < 4.78 is 4.88. The van der Waals surface area contributed by atoms with E-state index in [-0.39, 0.29) is 10.9 Å². The zero-order valence-corrected chi connectivity index (χ0v) is 8.21. The number of halogens is 1. The Morgan fingerprint density at radius 1 is 1.71 bits per heavy atom. The van der Waals surface area contributed by atoms with Gasteiger partial charge < -0.3 is 15.2 Å². The van der Waals surface area contributed by atoms with Crippen molar-refractivity contribution in [2.24, 2.45) is 0 Å². The molecule has 0 bridgehead atoms. The third kappa shape index (κ3) is 2.77. The van der Waals surface area contributed by atoms with Crippen LogP contribution >= 0.6 is 11.6 Å². The first kappa shape index (κ1) is 10.6. The van der Waals surface area contributed by atoms with Gasteiger partial charge in [0.15, 0.2) is 17.5 Å². The number of pyridine rings is 1. The SMILES string of the molecule is CNc1ccc(OCC(=O)O)c(Cl)n1. The van der Waals surface area contributed by atoms with Gasteiger partial charge in [-0.2, -0.15) is 0 Å². The number of aromatic nitrogens is 1. The van der Waals surface area contributed by atoms with E-state index in [2.05, 4.69) is 10.3 Å². The van der Waals surface area contributed by atoms with Gasteiger partial charge in [0.2, 0.25) is 0 Å². The highest BCUT2D eigenvalue weighted by molar-refractivity contribution is 6.30. The van der Waals surface area contributed by atoms with Crippen molar-refractivity contribution in [3.8, 4) is 5.75 Å². The highest BCUT2D eigenvalue weighted by Gasteiger charge is 2.05. The van der Waals surface area contributed by atoms with E-state index in [9.17, 15) is 4.79 Å². The second kappa shape index (κ2) is 4.66. The van der Waals surface area contributed by atoms with Gasteiger partial charge in [-0.3, -0.25) is 0 Å². The number of nitrogens with zero attached hydrogens (tertiary/aromatic N) is 1. The lowest BCUT2D eigenvalue weighted by Gasteiger charge is -2.06. The number of hydrogen-bond donors (Lipinski definition) is 2. The van der Waals surface area contributed by atoms with Crippen LogP contribution in [0.15, 0.2) is 12.1 Å². The first-order valence-electron chi connectivity index (χ1n) is 3.82. The van der Waals surface area contributed by atoms with Crippen molar-refractivity contribution in [2.75, 3.05) is 19.0 Å². The van der Waals surface area contributed by atoms with Crippen molar-refractivity contribution >= 4 is 23.4 Å². The lowest BCUT2D eigenvalue weighted by Crippen LogP contribution is -2.10. The molecule has 0 saturated carbocycles. The van der Waals surface area contributed by atoms with Gasteiger partial charge in [0.05, 0.1) is 0 Å². The Kier molecular flexibility index (Phi) is 3.53. The standard InChI is InChI=1S/C8H9ClN2O3/c1-10-6-3-2-5(8(9)11-6)14-4-7(12)13/h2-3H,4H2,1H3,(H,10,11)(H,12,13). The van der Waals surface area contributed by atoms with Crippen LogP contribution in [0.3, 0.4) is 0 Å². The molecule has 0 aliphatic carbocycles. The summed E-state index contributed by atoms with van der Waals surface area (Å²) in [6.07, 6.45) is 0. The molecule has 1 aromatic heterocycles. The molecule has 5 nitrogen and oxygen atoms in total. The van der Waals surface area contributed by atoms with E-state index < -0.39 is 12.6 Å². The molecule has 0 radical (unpaired) electrons. The van der Waals surface area contributed by atoms with Crippen LogP contribution in [-0.4, -0.2) is 29.7 Å². The van der Waals surface area contributed by atoms with Gasteiger partial charge in [0.25, 0.3) is 0 Å². The van der Waals surface area contributed by atoms with E-state index in [1.807, 2.05) is 0 Å². The maximum atomic E-state index is 10.2. The van der Waals surface area contributed by atoms with Crippen LogP contribution in [0.2, 0.25) is 5.15 Å². The predicted molar refractivity (Wildman–Crippen MR) is 51.9 cm³/mol. The van der Waals surface area contributed by atoms with Crippen LogP contribution in [0.4, 0.5) is 5.82 Å². The van der Waals surface area contributed by atoms with Gasteiger partial charge in [-0.25, -0.2) is 9.78 Å². The highest BCUT2D eigenvalue weighted by atomic mass is 35.5. The average Bonchev–Trinajstić information content (AvgIpc) is 2.15. The molecule has 0 aliphatic rings. The number of hydrogen-bond acceptors (Lipinski definition) is 4. The van der Waals surface area contributed by atoms with E-state index in [0.717, 1.165) is 0 Å². The van der Waals surface area contributed by atoms with Gasteiger partial charge in [-0.1, -0.05) is 11.6 Å². The van der Waals surface area contributed by atoms with E-state index in [4.69, 9.17) is 21.4 Å². The molecule has 1 aromatic rings. The quantitative estimate of drug-likeness (QED) is 0.741. The minimum atomic E-state index is -1.06. The summed E-state index contributed by atoms with van der Waals surface area (Å²) in [4.78, 5) is 14.1. The number of ether oxygens (including phenoxy) is 1. The average molecular weight is 217 g/mol. The zero-order chi connectivity index (χ0) is 10.6. The van der Waals surface area contributed by atoms with Crippen LogP contribution in [0.25, 0.3) is 0 Å². The summed E-state index contributed by atoms with van der Waals surface area (Å²) in [6, 6.07) is 3.20. The molecule has 0 fully saturated rings. The first-order valence-corrected chi connectivity index (χ1v) is 4.20. The lowest BCUT2D eigenvalue weighted by molar-refractivity contribution is -0.139. The molecule has 0 aliphatic heterocycles. The Hall–Kier alpha value is -1.49. The molecule has 0 spiro atoms. The maximum absolute atomic E-state index is 10.2. The van der Waals surface area contributed by atoms with Crippen LogP contribution in [0, 0.1) is 0 Å². The summed E-state index contributed by atoms with van der Waals surface area (Å²) in [6.45, 7) is -0.430. The van der Waals surface area contributed by atoms with Crippen LogP contribution < -0.4 is 10.1 Å². The summed E-state index contributed by atoms with van der Waals surface area (Å²) in [5.74, 6) is -0.204. The highest BCUT2D eigenvalue weighted by Crippen LogP contribution is 2.23. The van der Waals surface area contributed by atoms with Gasteiger partial charge in [0.1, 0.15) is 5.82 Å². The molecule has 76 valence electrons. The minimum absolute atomic E-state index is 0.137. The zero-order valence-electron chi connectivity index (χ0n) is 7.45. The summed E-state index contributed by atoms with van der Waals surface area (Å²) in [5, 5.41) is 11.3. The number of rotatable bonds is 4. The molecular formula is C8H9ClN2O3. The third-order valence-corrected chi connectivity index (χ3v) is 1.69. The number of carbonyl (C=O) groups is 1. The molecule has 0 unspecified atom stereocenters. The van der Waals surface area contributed by atoms with Crippen LogP contribution in [0.5, 0.6) is 5.75 Å². The van der Waals surface area contributed by atoms with Crippen LogP contribution in [-0.2, 0) is 4.79 Å². The third-order valence-electron chi connectivity index (χ3n) is 1.42. The smallest absolute Gasteiger partial charge is 0.341 e. The normalized spacial score (nSPS) is 9.57. The summed E-state index contributed by atoms with van der Waals surface area (Å²) >= 11 is 5.72. The largest absolute Gasteiger partial charge is 0.479 e. The minimum Gasteiger partial charge on any atom is -0.479 e. The molecule has 6 heteroatoms. The van der Waals surface area contributed by atoms with Crippen LogP contribution in [0.1, 0.15) is 0 Å². The van der Waals surface area contributed by atoms with Crippen molar-refractivity contribution in [1.82, 2.24) is 4.98 Å². The fourth-order valence-electron chi connectivity index (χ4n) is 0.808. The van der Waals surface area contributed by atoms with Crippen molar-refractivity contribution in [3.63, 3.8) is 0 Å². The van der Waals surface area contributed by atoms with E-state index >= 15 is 0 Å². The number of aliphatic carboxylic acids is 1. The molecule has 0 atom stereocenters. The topological polar surface area (TPSA) is 71.5 Å². The fraction of sp³-hybridized carbons (Fsp3) is 0.250. The Balaban J connectivity index is 2.73. The van der Waals surface area contributed by atoms with Crippen molar-refractivity contribution < 1.29 is 14.6 Å². The van der Waals surface area contributed by atoms with Crippen molar-refractivity contribution in [3.05, 3.63) is 17.3 Å². The maximum Gasteiger partial charge on any atom is 0.341 e. The Morgan fingerprint density at radius 3 is 2.93 bits per heavy atom. The predicted octanol–water partition coefficient (Wildman–Crippen LogP) is 1.24. The van der Waals surface area contributed by atoms with Gasteiger partial charge in [-0.05, 0) is 12.1 Å². The van der Waals surface area contributed by atoms with Gasteiger partial charge in [0, 0.05) is 7.05 Å². The van der Waals surface area contributed by atoms with Gasteiger partial charge in [-0.15, -0.1) is 0 Å². The van der Waals surface area contributed by atoms with E-state index in [1.54, 1.807) is 19.2 Å². The molecule has 1 rings (SSSR count). The molecule has 14 heavy (non-hydrogen) atoms. The monoisotopic (exact) mass is 216 g/mol. The van der Waals surface area contributed by atoms with E-state index in [1.165, 1.54) is 0 Å². The second-order valence-corrected chi connectivity index (χ2v) is 2.78. The first-order chi connectivity index (χ1) is 6.63. The second-order valence-electron chi connectivity index (χ2n) is 2.42.